The summed E-state index contributed by atoms with van der Waals surface area (Å²) in [7, 11) is 0. The van der Waals surface area contributed by atoms with E-state index in [0.717, 1.165) is 122 Å². The Labute approximate surface area is 432 Å². The van der Waals surface area contributed by atoms with Gasteiger partial charge in [0.05, 0.1) is 0 Å². The molecule has 6 heteroatoms. The third-order valence-corrected chi connectivity index (χ3v) is 12.4. The second-order valence-electron chi connectivity index (χ2n) is 19.3. The van der Waals surface area contributed by atoms with E-state index in [-0.39, 0.29) is 31.1 Å². The topological polar surface area (TPSA) is 78.9 Å². The number of esters is 3. The summed E-state index contributed by atoms with van der Waals surface area (Å²) in [4.78, 5) is 38.2. The molecule has 1 atom stereocenters. The second kappa shape index (κ2) is 57.9. The molecule has 0 aliphatic carbocycles. The lowest BCUT2D eigenvalue weighted by molar-refractivity contribution is -0.167. The average molecular weight is 974 g/mol. The van der Waals surface area contributed by atoms with E-state index in [2.05, 4.69) is 118 Å². The minimum absolute atomic E-state index is 0.0960. The van der Waals surface area contributed by atoms with Crippen molar-refractivity contribution in [1.29, 1.82) is 0 Å². The number of hydrogen-bond acceptors (Lipinski definition) is 6. The van der Waals surface area contributed by atoms with Crippen LogP contribution >= 0.6 is 0 Å². The van der Waals surface area contributed by atoms with E-state index < -0.39 is 6.10 Å². The van der Waals surface area contributed by atoms with E-state index >= 15 is 0 Å². The molecule has 0 saturated carbocycles. The first-order valence-electron chi connectivity index (χ1n) is 29.3. The standard InChI is InChI=1S/C64H108O6/c1-4-7-10-13-16-19-22-25-28-31-33-36-39-42-45-48-51-54-57-63(66)69-60-61(59-68-62(65)56-53-50-47-44-41-38-35-30-27-24-21-18-15-12-9-6-3)70-64(67)58-55-52-49-46-43-40-37-34-32-29-26-23-20-17-14-11-8-5-2/h9,12,16,18-19,21-22,25,27-28,30-31,33-34,36-37,61H,4-8,10-11,13-15,17,20,23-24,26,29,32,35,38-60H2,1-3H3/b12-9-,19-16-,21-18-,25-22-,30-27-,31-28-,36-33-,37-34-. The van der Waals surface area contributed by atoms with Crippen molar-refractivity contribution in [1.82, 2.24) is 0 Å². The van der Waals surface area contributed by atoms with Gasteiger partial charge < -0.3 is 14.2 Å². The molecule has 400 valence electrons. The number of unbranched alkanes of at least 4 members (excludes halogenated alkanes) is 28. The van der Waals surface area contributed by atoms with Gasteiger partial charge in [-0.3, -0.25) is 14.4 Å². The number of carbonyl (C=O) groups is 3. The fraction of sp³-hybridized carbons (Fsp3) is 0.703. The molecule has 0 saturated heterocycles. The van der Waals surface area contributed by atoms with E-state index in [0.29, 0.717) is 19.3 Å². The summed E-state index contributed by atoms with van der Waals surface area (Å²) in [6.45, 7) is 6.47. The van der Waals surface area contributed by atoms with Crippen LogP contribution in [0.1, 0.15) is 271 Å². The lowest BCUT2D eigenvalue weighted by atomic mass is 10.1. The summed E-state index contributed by atoms with van der Waals surface area (Å²) in [6.07, 6.45) is 76.7. The van der Waals surface area contributed by atoms with Crippen LogP contribution in [0.4, 0.5) is 0 Å². The summed E-state index contributed by atoms with van der Waals surface area (Å²) < 4.78 is 16.9. The third kappa shape index (κ3) is 55.3. The molecule has 1 unspecified atom stereocenters. The minimum atomic E-state index is -0.799. The Morgan fingerprint density at radius 1 is 0.314 bits per heavy atom. The van der Waals surface area contributed by atoms with Crippen LogP contribution in [0.2, 0.25) is 0 Å². The van der Waals surface area contributed by atoms with Crippen LogP contribution < -0.4 is 0 Å². The third-order valence-electron chi connectivity index (χ3n) is 12.4. The molecule has 0 rings (SSSR count). The SMILES string of the molecule is CC/C=C\C/C=C\C/C=C\CCCCCCCCC(=O)OCC(COC(=O)CCCCCCC\C=C/C=C\C=C/C=C\CCCCC)OC(=O)CCCCCCC/C=C\CCCCCCCCCCC. The number of ether oxygens (including phenoxy) is 3. The van der Waals surface area contributed by atoms with Gasteiger partial charge in [-0.25, -0.2) is 0 Å². The molecule has 0 radical (unpaired) electrons. The van der Waals surface area contributed by atoms with Gasteiger partial charge in [-0.15, -0.1) is 0 Å². The first-order chi connectivity index (χ1) is 34.5. The van der Waals surface area contributed by atoms with Crippen LogP contribution in [0.15, 0.2) is 97.2 Å². The van der Waals surface area contributed by atoms with Gasteiger partial charge in [-0.1, -0.05) is 246 Å². The largest absolute Gasteiger partial charge is 0.462 e. The highest BCUT2D eigenvalue weighted by molar-refractivity contribution is 5.71. The Bertz CT molecular complexity index is 1400. The van der Waals surface area contributed by atoms with Gasteiger partial charge in [0.2, 0.25) is 0 Å². The minimum Gasteiger partial charge on any atom is -0.462 e. The van der Waals surface area contributed by atoms with Gasteiger partial charge in [-0.2, -0.15) is 0 Å². The van der Waals surface area contributed by atoms with Gasteiger partial charge in [0.15, 0.2) is 6.10 Å². The zero-order valence-electron chi connectivity index (χ0n) is 45.8. The fourth-order valence-electron chi connectivity index (χ4n) is 7.99. The molecule has 6 nitrogen and oxygen atoms in total. The highest BCUT2D eigenvalue weighted by atomic mass is 16.6. The van der Waals surface area contributed by atoms with Crippen LogP contribution in [0, 0.1) is 0 Å². The predicted octanol–water partition coefficient (Wildman–Crippen LogP) is 19.7. The maximum atomic E-state index is 12.9. The molecule has 0 amide bonds. The highest BCUT2D eigenvalue weighted by Crippen LogP contribution is 2.15. The van der Waals surface area contributed by atoms with E-state index in [1.165, 1.54) is 109 Å². The maximum Gasteiger partial charge on any atom is 0.306 e. The maximum absolute atomic E-state index is 12.9. The number of rotatable bonds is 52. The van der Waals surface area contributed by atoms with E-state index in [9.17, 15) is 14.4 Å². The molecular weight excluding hydrogens is 865 g/mol. The van der Waals surface area contributed by atoms with Gasteiger partial charge >= 0.3 is 17.9 Å². The van der Waals surface area contributed by atoms with Crippen molar-refractivity contribution in [3.63, 3.8) is 0 Å². The molecular formula is C64H108O6. The summed E-state index contributed by atoms with van der Waals surface area (Å²) in [6, 6.07) is 0. The van der Waals surface area contributed by atoms with E-state index in [4.69, 9.17) is 14.2 Å². The van der Waals surface area contributed by atoms with Crippen molar-refractivity contribution < 1.29 is 28.6 Å². The van der Waals surface area contributed by atoms with Crippen molar-refractivity contribution in [3.8, 4) is 0 Å². The second-order valence-corrected chi connectivity index (χ2v) is 19.3. The van der Waals surface area contributed by atoms with Gasteiger partial charge in [-0.05, 0) is 103 Å². The quantitative estimate of drug-likeness (QED) is 0.0199. The molecule has 0 aromatic rings. The van der Waals surface area contributed by atoms with E-state index in [1.807, 2.05) is 0 Å². The Kier molecular flexibility index (Phi) is 54.9. The van der Waals surface area contributed by atoms with Crippen molar-refractivity contribution in [2.45, 2.75) is 277 Å². The zero-order chi connectivity index (χ0) is 50.7. The number of hydrogen-bond donors (Lipinski definition) is 0. The Morgan fingerprint density at radius 3 is 1.04 bits per heavy atom. The molecule has 0 aromatic carbocycles. The molecule has 0 aromatic heterocycles. The molecule has 0 heterocycles. The van der Waals surface area contributed by atoms with Crippen LogP contribution in [0.3, 0.4) is 0 Å². The Balaban J connectivity index is 4.47. The lowest BCUT2D eigenvalue weighted by Gasteiger charge is -2.18. The normalized spacial score (nSPS) is 12.8. The fourth-order valence-corrected chi connectivity index (χ4v) is 7.99. The molecule has 0 aliphatic heterocycles. The average Bonchev–Trinajstić information content (AvgIpc) is 3.36. The number of carbonyl (C=O) groups excluding carboxylic acids is 3. The summed E-state index contributed by atoms with van der Waals surface area (Å²) >= 11 is 0. The van der Waals surface area contributed by atoms with Gasteiger partial charge in [0.25, 0.3) is 0 Å². The summed E-state index contributed by atoms with van der Waals surface area (Å²) in [5.74, 6) is -0.935. The van der Waals surface area contributed by atoms with Crippen LogP contribution in [-0.2, 0) is 28.6 Å². The monoisotopic (exact) mass is 973 g/mol. The molecule has 0 spiro atoms. The van der Waals surface area contributed by atoms with Crippen LogP contribution in [0.5, 0.6) is 0 Å². The zero-order valence-corrected chi connectivity index (χ0v) is 45.8. The molecule has 70 heavy (non-hydrogen) atoms. The first kappa shape index (κ1) is 66.3. The highest BCUT2D eigenvalue weighted by Gasteiger charge is 2.19. The predicted molar refractivity (Wildman–Crippen MR) is 302 cm³/mol. The van der Waals surface area contributed by atoms with Gasteiger partial charge in [0.1, 0.15) is 13.2 Å². The van der Waals surface area contributed by atoms with Crippen molar-refractivity contribution in [2.24, 2.45) is 0 Å². The van der Waals surface area contributed by atoms with Crippen LogP contribution in [-0.4, -0.2) is 37.2 Å². The van der Waals surface area contributed by atoms with Gasteiger partial charge in [0, 0.05) is 19.3 Å². The Hall–Kier alpha value is -3.67. The smallest absolute Gasteiger partial charge is 0.306 e. The van der Waals surface area contributed by atoms with Crippen molar-refractivity contribution in [3.05, 3.63) is 97.2 Å². The number of allylic oxidation sites excluding steroid dienone is 16. The lowest BCUT2D eigenvalue weighted by Crippen LogP contribution is -2.30. The summed E-state index contributed by atoms with van der Waals surface area (Å²) in [5, 5.41) is 0. The van der Waals surface area contributed by atoms with Crippen LogP contribution in [0.25, 0.3) is 0 Å². The molecule has 0 fully saturated rings. The Morgan fingerprint density at radius 2 is 0.614 bits per heavy atom. The first-order valence-corrected chi connectivity index (χ1v) is 29.3. The van der Waals surface area contributed by atoms with Crippen molar-refractivity contribution >= 4 is 17.9 Å². The summed E-state index contributed by atoms with van der Waals surface area (Å²) in [5.41, 5.74) is 0. The molecule has 0 N–H and O–H groups in total. The van der Waals surface area contributed by atoms with E-state index in [1.54, 1.807) is 0 Å². The molecule has 0 bridgehead atoms. The molecule has 0 aliphatic rings. The van der Waals surface area contributed by atoms with Crippen molar-refractivity contribution in [2.75, 3.05) is 13.2 Å².